The Morgan fingerprint density at radius 2 is 2.27 bits per heavy atom. The molecule has 0 aliphatic heterocycles. The number of halogens is 1. The number of aromatic nitrogens is 2. The zero-order valence-corrected chi connectivity index (χ0v) is 6.71. The van der Waals surface area contributed by atoms with Gasteiger partial charge in [-0.3, -0.25) is 4.68 Å². The number of aryl methyl sites for hydroxylation is 1. The summed E-state index contributed by atoms with van der Waals surface area (Å²) in [4.78, 5) is 0. The van der Waals surface area contributed by atoms with Crippen molar-refractivity contribution in [2.75, 3.05) is 0 Å². The molecule has 1 fully saturated rings. The van der Waals surface area contributed by atoms with Crippen molar-refractivity contribution in [1.29, 1.82) is 0 Å². The highest BCUT2D eigenvalue weighted by Gasteiger charge is 2.40. The molecule has 2 unspecified atom stereocenters. The zero-order chi connectivity index (χ0) is 8.01. The minimum Gasteiger partial charge on any atom is -0.264 e. The van der Waals surface area contributed by atoms with Crippen molar-refractivity contribution < 1.29 is 4.39 Å². The fourth-order valence-electron chi connectivity index (χ4n) is 1.25. The van der Waals surface area contributed by atoms with Crippen LogP contribution in [0.1, 0.15) is 23.7 Å². The maximum absolute atomic E-state index is 12.6. The van der Waals surface area contributed by atoms with E-state index in [9.17, 15) is 4.39 Å². The van der Waals surface area contributed by atoms with Crippen LogP contribution in [0.2, 0.25) is 0 Å². The van der Waals surface area contributed by atoms with E-state index in [-0.39, 0.29) is 6.04 Å². The van der Waals surface area contributed by atoms with Gasteiger partial charge < -0.3 is 0 Å². The Morgan fingerprint density at radius 3 is 2.64 bits per heavy atom. The monoisotopic (exact) mass is 154 g/mol. The van der Waals surface area contributed by atoms with Crippen LogP contribution < -0.4 is 0 Å². The van der Waals surface area contributed by atoms with Gasteiger partial charge in [-0.2, -0.15) is 5.10 Å². The van der Waals surface area contributed by atoms with Gasteiger partial charge >= 0.3 is 0 Å². The molecule has 1 heterocycles. The summed E-state index contributed by atoms with van der Waals surface area (Å²) in [6.07, 6.45) is 1.77. The molecule has 0 aromatic carbocycles. The van der Waals surface area contributed by atoms with Crippen molar-refractivity contribution in [1.82, 2.24) is 9.78 Å². The molecule has 0 radical (unpaired) electrons. The van der Waals surface area contributed by atoms with Crippen LogP contribution in [0.5, 0.6) is 0 Å². The molecule has 3 heteroatoms. The summed E-state index contributed by atoms with van der Waals surface area (Å²) in [7, 11) is 0. The number of hydrogen-bond donors (Lipinski definition) is 0. The van der Waals surface area contributed by atoms with E-state index in [1.54, 1.807) is 10.9 Å². The molecular formula is C8H11FN2. The van der Waals surface area contributed by atoms with Crippen LogP contribution in [0.3, 0.4) is 0 Å². The highest BCUT2D eigenvalue weighted by atomic mass is 19.1. The molecule has 0 bridgehead atoms. The van der Waals surface area contributed by atoms with Gasteiger partial charge in [0.2, 0.25) is 0 Å². The second kappa shape index (κ2) is 2.06. The lowest BCUT2D eigenvalue weighted by Crippen LogP contribution is -2.00. The number of nitrogens with zero attached hydrogens (tertiary/aromatic N) is 2. The van der Waals surface area contributed by atoms with Gasteiger partial charge in [-0.1, -0.05) is 0 Å². The quantitative estimate of drug-likeness (QED) is 0.603. The molecule has 1 aromatic rings. The molecule has 0 saturated heterocycles. The largest absolute Gasteiger partial charge is 0.264 e. The fourth-order valence-corrected chi connectivity index (χ4v) is 1.25. The first-order chi connectivity index (χ1) is 5.20. The summed E-state index contributed by atoms with van der Waals surface area (Å²) in [5.41, 5.74) is 2.24. The highest BCUT2D eigenvalue weighted by molar-refractivity contribution is 5.16. The average molecular weight is 154 g/mol. The lowest BCUT2D eigenvalue weighted by molar-refractivity contribution is 0.426. The van der Waals surface area contributed by atoms with Crippen molar-refractivity contribution in [3.8, 4) is 0 Å². The number of rotatable bonds is 1. The van der Waals surface area contributed by atoms with Crippen LogP contribution in [0.4, 0.5) is 4.39 Å². The van der Waals surface area contributed by atoms with E-state index in [4.69, 9.17) is 0 Å². The average Bonchev–Trinajstić information content (AvgIpc) is 2.58. The van der Waals surface area contributed by atoms with Crippen LogP contribution in [0.25, 0.3) is 0 Å². The van der Waals surface area contributed by atoms with Gasteiger partial charge in [-0.25, -0.2) is 4.39 Å². The van der Waals surface area contributed by atoms with E-state index >= 15 is 0 Å². The van der Waals surface area contributed by atoms with E-state index in [2.05, 4.69) is 5.10 Å². The first-order valence-electron chi connectivity index (χ1n) is 3.85. The van der Waals surface area contributed by atoms with Gasteiger partial charge in [0.1, 0.15) is 6.17 Å². The maximum atomic E-state index is 12.6. The summed E-state index contributed by atoms with van der Waals surface area (Å²) in [6.45, 7) is 3.97. The zero-order valence-electron chi connectivity index (χ0n) is 6.71. The van der Waals surface area contributed by atoms with E-state index < -0.39 is 6.17 Å². The predicted octanol–water partition coefficient (Wildman–Crippen LogP) is 1.78. The number of alkyl halides is 1. The normalized spacial score (nSPS) is 29.0. The smallest absolute Gasteiger partial charge is 0.125 e. The van der Waals surface area contributed by atoms with Crippen molar-refractivity contribution in [3.63, 3.8) is 0 Å². The molecule has 60 valence electrons. The molecule has 1 aromatic heterocycles. The second-order valence-corrected chi connectivity index (χ2v) is 3.18. The first-order valence-corrected chi connectivity index (χ1v) is 3.85. The predicted molar refractivity (Wildman–Crippen MR) is 40.3 cm³/mol. The summed E-state index contributed by atoms with van der Waals surface area (Å²) in [5.74, 6) is 0. The molecular weight excluding hydrogens is 143 g/mol. The molecule has 1 aliphatic carbocycles. The Morgan fingerprint density at radius 1 is 1.64 bits per heavy atom. The molecule has 2 rings (SSSR count). The minimum absolute atomic E-state index is 0.0312. The molecule has 1 saturated carbocycles. The van der Waals surface area contributed by atoms with E-state index in [1.807, 2.05) is 13.8 Å². The van der Waals surface area contributed by atoms with Crippen LogP contribution in [0, 0.1) is 13.8 Å². The standard InChI is InChI=1S/C8H11FN2/c1-5-4-10-11(6(5)2)8-3-7(8)9/h4,7-8H,3H2,1-2H3. The van der Waals surface area contributed by atoms with Gasteiger partial charge in [0.05, 0.1) is 12.2 Å². The topological polar surface area (TPSA) is 17.8 Å². The van der Waals surface area contributed by atoms with E-state index in [0.29, 0.717) is 6.42 Å². The molecule has 2 nitrogen and oxygen atoms in total. The summed E-state index contributed by atoms with van der Waals surface area (Å²) >= 11 is 0. The van der Waals surface area contributed by atoms with Crippen LogP contribution in [0.15, 0.2) is 6.20 Å². The van der Waals surface area contributed by atoms with Crippen molar-refractivity contribution in [3.05, 3.63) is 17.5 Å². The van der Waals surface area contributed by atoms with Gasteiger partial charge in [0, 0.05) is 12.1 Å². The highest BCUT2D eigenvalue weighted by Crippen LogP contribution is 2.39. The Kier molecular flexibility index (Phi) is 1.28. The molecule has 0 N–H and O–H groups in total. The van der Waals surface area contributed by atoms with Gasteiger partial charge in [0.25, 0.3) is 0 Å². The van der Waals surface area contributed by atoms with E-state index in [1.165, 1.54) is 0 Å². The molecule has 1 aliphatic rings. The number of hydrogen-bond acceptors (Lipinski definition) is 1. The lowest BCUT2D eigenvalue weighted by atomic mass is 10.3. The Bertz CT molecular complexity index is 280. The Balaban J connectivity index is 2.31. The molecule has 11 heavy (non-hydrogen) atoms. The SMILES string of the molecule is Cc1cnn(C2CC2F)c1C. The van der Waals surface area contributed by atoms with E-state index in [0.717, 1.165) is 11.3 Å². The van der Waals surface area contributed by atoms with Crippen LogP contribution >= 0.6 is 0 Å². The molecule has 0 spiro atoms. The summed E-state index contributed by atoms with van der Waals surface area (Å²) in [5, 5.41) is 4.10. The second-order valence-electron chi connectivity index (χ2n) is 3.18. The lowest BCUT2D eigenvalue weighted by Gasteiger charge is -1.99. The third kappa shape index (κ3) is 0.951. The third-order valence-corrected chi connectivity index (χ3v) is 2.29. The van der Waals surface area contributed by atoms with Gasteiger partial charge in [0.15, 0.2) is 0 Å². The van der Waals surface area contributed by atoms with Gasteiger partial charge in [-0.15, -0.1) is 0 Å². The third-order valence-electron chi connectivity index (χ3n) is 2.29. The summed E-state index contributed by atoms with van der Waals surface area (Å²) < 4.78 is 14.4. The van der Waals surface area contributed by atoms with Crippen LogP contribution in [-0.2, 0) is 0 Å². The van der Waals surface area contributed by atoms with Crippen LogP contribution in [-0.4, -0.2) is 16.0 Å². The summed E-state index contributed by atoms with van der Waals surface area (Å²) in [6, 6.07) is 0.0312. The van der Waals surface area contributed by atoms with Crippen molar-refractivity contribution in [2.24, 2.45) is 0 Å². The van der Waals surface area contributed by atoms with Crippen molar-refractivity contribution in [2.45, 2.75) is 32.5 Å². The van der Waals surface area contributed by atoms with Crippen molar-refractivity contribution >= 4 is 0 Å². The fraction of sp³-hybridized carbons (Fsp3) is 0.625. The maximum Gasteiger partial charge on any atom is 0.125 e. The molecule has 0 amide bonds. The minimum atomic E-state index is -0.659. The Hall–Kier alpha value is -0.860. The Labute approximate surface area is 65.0 Å². The first kappa shape index (κ1) is 6.83. The molecule has 2 atom stereocenters. The van der Waals surface area contributed by atoms with Gasteiger partial charge in [-0.05, 0) is 19.4 Å².